The highest BCUT2D eigenvalue weighted by molar-refractivity contribution is 7.90. The van der Waals surface area contributed by atoms with E-state index in [0.29, 0.717) is 31.4 Å². The molecule has 0 spiro atoms. The van der Waals surface area contributed by atoms with Crippen molar-refractivity contribution in [3.63, 3.8) is 0 Å². The second kappa shape index (κ2) is 9.29. The fourth-order valence-electron chi connectivity index (χ4n) is 3.47. The number of carbonyl (C=O) groups is 2. The molecule has 0 aliphatic heterocycles. The smallest absolute Gasteiger partial charge is 0.404 e. The summed E-state index contributed by atoms with van der Waals surface area (Å²) in [5.41, 5.74) is 0.367. The molecule has 0 atom stereocenters. The summed E-state index contributed by atoms with van der Waals surface area (Å²) < 4.78 is 37.3. The van der Waals surface area contributed by atoms with Gasteiger partial charge in [-0.2, -0.15) is 0 Å². The number of pyridine rings is 1. The monoisotopic (exact) mass is 450 g/mol. The van der Waals surface area contributed by atoms with Gasteiger partial charge < -0.3 is 21.1 Å². The van der Waals surface area contributed by atoms with Crippen LogP contribution in [0.15, 0.2) is 41.4 Å². The van der Waals surface area contributed by atoms with Crippen LogP contribution in [0.25, 0.3) is 0 Å². The van der Waals surface area contributed by atoms with Crippen molar-refractivity contribution < 1.29 is 27.5 Å². The standard InChI is InChI=1S/C20H23FN4O5S/c1-31(29,30)16-4-2-3-15(10-16)23-18-17(9-12(21)11-22-18)19(26)24-13-5-7-14(8-6-13)25-20(27)28/h2-4,9-11,13-14,25H,5-8H2,1H3,(H,22,23)(H,24,26)(H,27,28). The summed E-state index contributed by atoms with van der Waals surface area (Å²) in [6.07, 6.45) is 3.31. The minimum absolute atomic E-state index is 0.0180. The van der Waals surface area contributed by atoms with E-state index in [9.17, 15) is 22.4 Å². The SMILES string of the molecule is CS(=O)(=O)c1cccc(Nc2ncc(F)cc2C(=O)NC2CCC(NC(=O)O)CC2)c1. The molecule has 166 valence electrons. The number of carboxylic acid groups (broad SMARTS) is 1. The van der Waals surface area contributed by atoms with E-state index in [1.807, 2.05) is 0 Å². The Labute approximate surface area is 179 Å². The average Bonchev–Trinajstić information content (AvgIpc) is 2.70. The van der Waals surface area contributed by atoms with Crippen LogP contribution < -0.4 is 16.0 Å². The molecule has 1 aromatic carbocycles. The maximum atomic E-state index is 13.8. The van der Waals surface area contributed by atoms with Gasteiger partial charge in [-0.05, 0) is 49.9 Å². The number of aromatic nitrogens is 1. The molecule has 0 bridgehead atoms. The zero-order chi connectivity index (χ0) is 22.6. The zero-order valence-electron chi connectivity index (χ0n) is 16.8. The predicted molar refractivity (Wildman–Crippen MR) is 112 cm³/mol. The molecule has 1 aliphatic carbocycles. The Bertz CT molecular complexity index is 1080. The number of benzene rings is 1. The van der Waals surface area contributed by atoms with Crippen molar-refractivity contribution in [2.45, 2.75) is 42.7 Å². The Kier molecular flexibility index (Phi) is 6.74. The minimum Gasteiger partial charge on any atom is -0.465 e. The average molecular weight is 450 g/mol. The van der Waals surface area contributed by atoms with Gasteiger partial charge in [-0.15, -0.1) is 0 Å². The van der Waals surface area contributed by atoms with Crippen molar-refractivity contribution in [1.29, 1.82) is 0 Å². The summed E-state index contributed by atoms with van der Waals surface area (Å²) in [4.78, 5) is 27.6. The minimum atomic E-state index is -3.42. The molecule has 3 rings (SSSR count). The van der Waals surface area contributed by atoms with Gasteiger partial charge in [-0.3, -0.25) is 4.79 Å². The van der Waals surface area contributed by atoms with E-state index < -0.39 is 27.7 Å². The van der Waals surface area contributed by atoms with Crippen LogP contribution in [0.3, 0.4) is 0 Å². The van der Waals surface area contributed by atoms with Crippen LogP contribution in [0, 0.1) is 5.82 Å². The van der Waals surface area contributed by atoms with Gasteiger partial charge in [0.1, 0.15) is 11.6 Å². The van der Waals surface area contributed by atoms with Gasteiger partial charge in [0.2, 0.25) is 0 Å². The molecule has 0 radical (unpaired) electrons. The van der Waals surface area contributed by atoms with Crippen molar-refractivity contribution in [1.82, 2.24) is 15.6 Å². The Balaban J connectivity index is 1.73. The molecule has 2 amide bonds. The molecule has 1 aromatic heterocycles. The zero-order valence-corrected chi connectivity index (χ0v) is 17.6. The number of amides is 2. The van der Waals surface area contributed by atoms with Crippen molar-refractivity contribution in [3.8, 4) is 0 Å². The molecule has 1 saturated carbocycles. The summed E-state index contributed by atoms with van der Waals surface area (Å²) >= 11 is 0. The molecule has 0 unspecified atom stereocenters. The van der Waals surface area contributed by atoms with Gasteiger partial charge in [-0.1, -0.05) is 6.07 Å². The fraction of sp³-hybridized carbons (Fsp3) is 0.350. The van der Waals surface area contributed by atoms with Crippen molar-refractivity contribution in [2.75, 3.05) is 11.6 Å². The molecule has 31 heavy (non-hydrogen) atoms. The Morgan fingerprint density at radius 2 is 1.74 bits per heavy atom. The quantitative estimate of drug-likeness (QED) is 0.531. The summed E-state index contributed by atoms with van der Waals surface area (Å²) in [5.74, 6) is -1.12. The maximum absolute atomic E-state index is 13.8. The Morgan fingerprint density at radius 3 is 2.35 bits per heavy atom. The number of carbonyl (C=O) groups excluding carboxylic acids is 1. The first kappa shape index (κ1) is 22.5. The lowest BCUT2D eigenvalue weighted by molar-refractivity contribution is 0.0923. The van der Waals surface area contributed by atoms with Gasteiger partial charge in [0.25, 0.3) is 5.91 Å². The van der Waals surface area contributed by atoms with Crippen molar-refractivity contribution >= 4 is 33.3 Å². The number of rotatable bonds is 6. The summed E-state index contributed by atoms with van der Waals surface area (Å²) in [6.45, 7) is 0. The predicted octanol–water partition coefficient (Wildman–Crippen LogP) is 2.68. The second-order valence-electron chi connectivity index (χ2n) is 7.45. The van der Waals surface area contributed by atoms with Crippen LogP contribution in [0.4, 0.5) is 20.7 Å². The molecule has 1 heterocycles. The number of nitrogens with zero attached hydrogens (tertiary/aromatic N) is 1. The topological polar surface area (TPSA) is 137 Å². The normalized spacial score (nSPS) is 18.8. The Morgan fingerprint density at radius 1 is 1.10 bits per heavy atom. The van der Waals surface area contributed by atoms with Gasteiger partial charge in [0.15, 0.2) is 9.84 Å². The van der Waals surface area contributed by atoms with E-state index >= 15 is 0 Å². The molecule has 9 nitrogen and oxygen atoms in total. The van der Waals surface area contributed by atoms with Crippen LogP contribution in [0.1, 0.15) is 36.0 Å². The second-order valence-corrected chi connectivity index (χ2v) is 9.46. The van der Waals surface area contributed by atoms with Crippen LogP contribution in [-0.2, 0) is 9.84 Å². The van der Waals surface area contributed by atoms with Crippen molar-refractivity contribution in [3.05, 3.63) is 47.9 Å². The molecule has 4 N–H and O–H groups in total. The largest absolute Gasteiger partial charge is 0.465 e. The first-order valence-electron chi connectivity index (χ1n) is 9.65. The number of hydrogen-bond donors (Lipinski definition) is 4. The first-order valence-corrected chi connectivity index (χ1v) is 11.5. The number of sulfone groups is 1. The fourth-order valence-corrected chi connectivity index (χ4v) is 4.14. The number of halogens is 1. The van der Waals surface area contributed by atoms with E-state index in [-0.39, 0.29) is 28.4 Å². The highest BCUT2D eigenvalue weighted by Crippen LogP contribution is 2.24. The third-order valence-electron chi connectivity index (χ3n) is 5.01. The molecule has 1 fully saturated rings. The highest BCUT2D eigenvalue weighted by atomic mass is 32.2. The highest BCUT2D eigenvalue weighted by Gasteiger charge is 2.25. The first-order chi connectivity index (χ1) is 14.6. The summed E-state index contributed by atoms with van der Waals surface area (Å²) in [6, 6.07) is 6.73. The lowest BCUT2D eigenvalue weighted by Gasteiger charge is -2.29. The van der Waals surface area contributed by atoms with E-state index in [2.05, 4.69) is 20.9 Å². The lowest BCUT2D eigenvalue weighted by Crippen LogP contribution is -2.43. The van der Waals surface area contributed by atoms with E-state index in [4.69, 9.17) is 5.11 Å². The Hall–Kier alpha value is -3.21. The van der Waals surface area contributed by atoms with Crippen molar-refractivity contribution in [2.24, 2.45) is 0 Å². The molecule has 1 aliphatic rings. The van der Waals surface area contributed by atoms with Crippen LogP contribution in [-0.4, -0.2) is 48.8 Å². The molecular weight excluding hydrogens is 427 g/mol. The summed E-state index contributed by atoms with van der Waals surface area (Å²) in [5, 5.41) is 17.0. The molecule has 11 heteroatoms. The van der Waals surface area contributed by atoms with E-state index in [1.54, 1.807) is 12.1 Å². The summed E-state index contributed by atoms with van der Waals surface area (Å²) in [7, 11) is -3.42. The maximum Gasteiger partial charge on any atom is 0.404 e. The van der Waals surface area contributed by atoms with Gasteiger partial charge in [-0.25, -0.2) is 22.6 Å². The van der Waals surface area contributed by atoms with Gasteiger partial charge in [0.05, 0.1) is 16.7 Å². The number of hydrogen-bond acceptors (Lipinski definition) is 6. The third kappa shape index (κ3) is 6.14. The third-order valence-corrected chi connectivity index (χ3v) is 6.12. The molecule has 2 aromatic rings. The van der Waals surface area contributed by atoms with E-state index in [0.717, 1.165) is 18.5 Å². The van der Waals surface area contributed by atoms with Gasteiger partial charge >= 0.3 is 6.09 Å². The molecular formula is C20H23FN4O5S. The van der Waals surface area contributed by atoms with Crippen LogP contribution >= 0.6 is 0 Å². The number of nitrogens with one attached hydrogen (secondary N) is 3. The van der Waals surface area contributed by atoms with E-state index in [1.165, 1.54) is 12.1 Å². The molecule has 0 saturated heterocycles. The lowest BCUT2D eigenvalue weighted by atomic mass is 9.91. The van der Waals surface area contributed by atoms with Crippen LogP contribution in [0.5, 0.6) is 0 Å². The number of anilines is 2. The van der Waals surface area contributed by atoms with Gasteiger partial charge in [0, 0.05) is 24.0 Å². The van der Waals surface area contributed by atoms with Crippen LogP contribution in [0.2, 0.25) is 0 Å².